The van der Waals surface area contributed by atoms with Gasteiger partial charge in [-0.15, -0.1) is 0 Å². The van der Waals surface area contributed by atoms with Crippen molar-refractivity contribution < 1.29 is 8.42 Å². The van der Waals surface area contributed by atoms with Crippen molar-refractivity contribution in [2.75, 3.05) is 30.3 Å². The van der Waals surface area contributed by atoms with E-state index in [9.17, 15) is 8.42 Å². The predicted octanol–water partition coefficient (Wildman–Crippen LogP) is 0.299. The highest BCUT2D eigenvalue weighted by molar-refractivity contribution is 8.76. The van der Waals surface area contributed by atoms with Gasteiger partial charge in [-0.1, -0.05) is 33.8 Å². The van der Waals surface area contributed by atoms with Crippen LogP contribution in [0.2, 0.25) is 0 Å². The van der Waals surface area contributed by atoms with Gasteiger partial charge in [0.25, 0.3) is 0 Å². The third-order valence-electron chi connectivity index (χ3n) is 1.65. The number of hydrogen-bond donors (Lipinski definition) is 1. The third-order valence-corrected chi connectivity index (χ3v) is 6.17. The summed E-state index contributed by atoms with van der Waals surface area (Å²) >= 11 is 4.61. The van der Waals surface area contributed by atoms with Crippen molar-refractivity contribution in [1.29, 1.82) is 0 Å². The zero-order valence-electron chi connectivity index (χ0n) is 7.51. The molecule has 1 aliphatic heterocycles. The van der Waals surface area contributed by atoms with Crippen molar-refractivity contribution in [3.63, 3.8) is 0 Å². The van der Waals surface area contributed by atoms with E-state index in [2.05, 4.69) is 12.2 Å². The largest absolute Gasteiger partial charge is 0.392 e. The summed E-state index contributed by atoms with van der Waals surface area (Å²) in [6, 6.07) is 0. The highest BCUT2D eigenvalue weighted by Crippen LogP contribution is 2.24. The van der Waals surface area contributed by atoms with Crippen LogP contribution in [0.3, 0.4) is 0 Å². The molecule has 0 aromatic carbocycles. The smallest absolute Gasteiger partial charge is 0.220 e. The quantitative estimate of drug-likeness (QED) is 0.589. The molecule has 0 bridgehead atoms. The lowest BCUT2D eigenvalue weighted by Crippen LogP contribution is -2.38. The maximum absolute atomic E-state index is 11.7. The van der Waals surface area contributed by atoms with Gasteiger partial charge in [-0.25, -0.2) is 8.42 Å². The number of sulfonamides is 1. The fourth-order valence-corrected chi connectivity index (χ4v) is 5.00. The zero-order chi connectivity index (χ0) is 10.6. The van der Waals surface area contributed by atoms with Gasteiger partial charge in [0.15, 0.2) is 0 Å². The summed E-state index contributed by atoms with van der Waals surface area (Å²) in [6.07, 6.45) is 0. The molecule has 1 rings (SSSR count). The fraction of sp³-hybridized carbons (Fsp3) is 0.833. The minimum absolute atomic E-state index is 0.0366. The normalized spacial score (nSPS) is 20.3. The molecule has 1 fully saturated rings. The van der Waals surface area contributed by atoms with Crippen molar-refractivity contribution in [2.24, 2.45) is 5.73 Å². The molecule has 0 aromatic rings. The molecule has 0 saturated carbocycles. The first-order valence-corrected chi connectivity index (χ1v) is 8.53. The van der Waals surface area contributed by atoms with Gasteiger partial charge in [0.05, 0.1) is 4.99 Å². The molecule has 1 aliphatic rings. The molecule has 0 aromatic heterocycles. The molecule has 0 amide bonds. The average molecular weight is 272 g/mol. The molecule has 14 heavy (non-hydrogen) atoms. The van der Waals surface area contributed by atoms with Gasteiger partial charge >= 0.3 is 0 Å². The first-order chi connectivity index (χ1) is 6.52. The number of nitrogens with zero attached hydrogens (tertiary/aromatic N) is 1. The Morgan fingerprint density at radius 3 is 2.29 bits per heavy atom. The van der Waals surface area contributed by atoms with E-state index < -0.39 is 10.0 Å². The van der Waals surface area contributed by atoms with E-state index in [1.807, 2.05) is 0 Å². The van der Waals surface area contributed by atoms with Crippen LogP contribution < -0.4 is 5.73 Å². The van der Waals surface area contributed by atoms with Crippen molar-refractivity contribution in [3.05, 3.63) is 0 Å². The van der Waals surface area contributed by atoms with Crippen molar-refractivity contribution in [2.45, 2.75) is 0 Å². The molecule has 0 atom stereocenters. The van der Waals surface area contributed by atoms with Crippen LogP contribution in [0.5, 0.6) is 0 Å². The number of rotatable bonds is 3. The van der Waals surface area contributed by atoms with E-state index in [0.717, 1.165) is 11.5 Å². The number of thiocarbonyl (C=S) groups is 1. The van der Waals surface area contributed by atoms with Gasteiger partial charge in [0.2, 0.25) is 10.0 Å². The Balaban J connectivity index is 2.64. The SMILES string of the molecule is NC(=S)CS(=O)(=O)N1CCSSCC1. The van der Waals surface area contributed by atoms with E-state index >= 15 is 0 Å². The van der Waals surface area contributed by atoms with Crippen LogP contribution in [0, 0.1) is 0 Å². The highest BCUT2D eigenvalue weighted by atomic mass is 33.1. The predicted molar refractivity (Wildman–Crippen MR) is 67.1 cm³/mol. The lowest BCUT2D eigenvalue weighted by molar-refractivity contribution is 0.454. The second-order valence-corrected chi connectivity index (χ2v) is 7.96. The monoisotopic (exact) mass is 272 g/mol. The molecule has 2 N–H and O–H groups in total. The van der Waals surface area contributed by atoms with E-state index in [4.69, 9.17) is 5.73 Å². The Kier molecular flexibility index (Phi) is 4.98. The Labute approximate surface area is 97.4 Å². The lowest BCUT2D eigenvalue weighted by Gasteiger charge is -2.18. The molecule has 1 saturated heterocycles. The van der Waals surface area contributed by atoms with Crippen LogP contribution in [-0.4, -0.2) is 48.1 Å². The van der Waals surface area contributed by atoms with Crippen LogP contribution in [0.1, 0.15) is 0 Å². The van der Waals surface area contributed by atoms with Gasteiger partial charge in [0.1, 0.15) is 5.75 Å². The van der Waals surface area contributed by atoms with Gasteiger partial charge in [-0.3, -0.25) is 0 Å². The van der Waals surface area contributed by atoms with Gasteiger partial charge in [-0.2, -0.15) is 4.31 Å². The Hall–Kier alpha value is 0.500. The lowest BCUT2D eigenvalue weighted by atomic mass is 10.6. The molecule has 8 heteroatoms. The van der Waals surface area contributed by atoms with Gasteiger partial charge in [0, 0.05) is 24.6 Å². The molecule has 0 spiro atoms. The summed E-state index contributed by atoms with van der Waals surface area (Å²) in [5.74, 6) is 1.43. The molecule has 82 valence electrons. The molecule has 0 aliphatic carbocycles. The second-order valence-electron chi connectivity index (χ2n) is 2.77. The maximum Gasteiger partial charge on any atom is 0.220 e. The van der Waals surface area contributed by atoms with Crippen molar-refractivity contribution >= 4 is 48.8 Å². The molecular formula is C6H12N2O2S4. The maximum atomic E-state index is 11.7. The van der Waals surface area contributed by atoms with Gasteiger partial charge in [-0.05, 0) is 0 Å². The highest BCUT2D eigenvalue weighted by Gasteiger charge is 2.23. The van der Waals surface area contributed by atoms with E-state index in [1.54, 1.807) is 21.6 Å². The van der Waals surface area contributed by atoms with Crippen LogP contribution in [0.15, 0.2) is 0 Å². The summed E-state index contributed by atoms with van der Waals surface area (Å²) in [5, 5.41) is 0. The van der Waals surface area contributed by atoms with Crippen LogP contribution in [0.4, 0.5) is 0 Å². The first kappa shape index (κ1) is 12.6. The van der Waals surface area contributed by atoms with Crippen molar-refractivity contribution in [3.8, 4) is 0 Å². The Bertz CT molecular complexity index is 295. The standard InChI is InChI=1S/C6H12N2O2S4/c7-6(11)5-14(9,10)8-1-3-12-13-4-2-8/h1-5H2,(H2,7,11). The second kappa shape index (κ2) is 5.55. The van der Waals surface area contributed by atoms with Gasteiger partial charge < -0.3 is 5.73 Å². The summed E-state index contributed by atoms with van der Waals surface area (Å²) in [5.41, 5.74) is 5.24. The topological polar surface area (TPSA) is 63.4 Å². The molecule has 1 heterocycles. The number of nitrogens with two attached hydrogens (primary N) is 1. The van der Waals surface area contributed by atoms with E-state index in [-0.39, 0.29) is 10.7 Å². The summed E-state index contributed by atoms with van der Waals surface area (Å²) < 4.78 is 24.8. The summed E-state index contributed by atoms with van der Waals surface area (Å²) in [4.78, 5) is 0.0366. The van der Waals surface area contributed by atoms with Crippen molar-refractivity contribution in [1.82, 2.24) is 4.31 Å². The molecule has 0 unspecified atom stereocenters. The Morgan fingerprint density at radius 2 is 1.86 bits per heavy atom. The van der Waals surface area contributed by atoms with Crippen LogP contribution in [0.25, 0.3) is 0 Å². The summed E-state index contributed by atoms with van der Waals surface area (Å²) in [7, 11) is 0.136. The molecular weight excluding hydrogens is 260 g/mol. The van der Waals surface area contributed by atoms with E-state index in [1.165, 1.54) is 4.31 Å². The van der Waals surface area contributed by atoms with Crippen LogP contribution >= 0.6 is 33.8 Å². The van der Waals surface area contributed by atoms with Crippen LogP contribution in [-0.2, 0) is 10.0 Å². The minimum Gasteiger partial charge on any atom is -0.392 e. The molecule has 4 nitrogen and oxygen atoms in total. The zero-order valence-corrected chi connectivity index (χ0v) is 10.8. The van der Waals surface area contributed by atoms with E-state index in [0.29, 0.717) is 13.1 Å². The first-order valence-electron chi connectivity index (χ1n) is 4.03. The molecule has 0 radical (unpaired) electrons. The fourth-order valence-electron chi connectivity index (χ4n) is 1.06. The number of hydrogen-bond acceptors (Lipinski definition) is 5. The summed E-state index contributed by atoms with van der Waals surface area (Å²) in [6.45, 7) is 1.12. The Morgan fingerprint density at radius 1 is 1.36 bits per heavy atom. The average Bonchev–Trinajstić information content (AvgIpc) is 2.28. The third kappa shape index (κ3) is 3.93. The minimum atomic E-state index is -3.27.